The zero-order chi connectivity index (χ0) is 13.2. The second kappa shape index (κ2) is 4.61. The molecule has 1 aromatic carbocycles. The Labute approximate surface area is 110 Å². The van der Waals surface area contributed by atoms with E-state index < -0.39 is 0 Å². The molecule has 3 N–H and O–H groups in total. The van der Waals surface area contributed by atoms with Gasteiger partial charge in [0.1, 0.15) is 17.1 Å². The summed E-state index contributed by atoms with van der Waals surface area (Å²) in [6.45, 7) is 2.57. The number of H-pyrrole nitrogens is 1. The van der Waals surface area contributed by atoms with Crippen LogP contribution >= 0.6 is 0 Å². The van der Waals surface area contributed by atoms with Gasteiger partial charge in [0.05, 0.1) is 12.3 Å². The molecule has 19 heavy (non-hydrogen) atoms. The summed E-state index contributed by atoms with van der Waals surface area (Å²) in [7, 11) is 0. The van der Waals surface area contributed by atoms with Crippen molar-refractivity contribution in [2.45, 2.75) is 6.92 Å². The summed E-state index contributed by atoms with van der Waals surface area (Å²) >= 11 is 0. The molecule has 0 radical (unpaired) electrons. The third-order valence-electron chi connectivity index (χ3n) is 2.92. The fourth-order valence-corrected chi connectivity index (χ4v) is 2.13. The smallest absolute Gasteiger partial charge is 0.145 e. The normalized spacial score (nSPS) is 10.8. The van der Waals surface area contributed by atoms with Gasteiger partial charge in [-0.15, -0.1) is 0 Å². The molecule has 0 unspecified atom stereocenters. The first-order valence-electron chi connectivity index (χ1n) is 6.11. The van der Waals surface area contributed by atoms with Crippen LogP contribution in [0.4, 0.5) is 5.82 Å². The summed E-state index contributed by atoms with van der Waals surface area (Å²) in [6.07, 6.45) is 1.76. The molecular weight excluding hydrogens is 240 g/mol. The maximum Gasteiger partial charge on any atom is 0.145 e. The van der Waals surface area contributed by atoms with Crippen molar-refractivity contribution >= 4 is 16.7 Å². The van der Waals surface area contributed by atoms with E-state index in [9.17, 15) is 0 Å². The monoisotopic (exact) mass is 254 g/mol. The first-order valence-corrected chi connectivity index (χ1v) is 6.11. The van der Waals surface area contributed by atoms with Crippen molar-refractivity contribution in [3.05, 3.63) is 36.5 Å². The van der Waals surface area contributed by atoms with E-state index in [2.05, 4.69) is 15.2 Å². The van der Waals surface area contributed by atoms with Crippen LogP contribution < -0.4 is 10.5 Å². The predicted molar refractivity (Wildman–Crippen MR) is 74.9 cm³/mol. The van der Waals surface area contributed by atoms with Gasteiger partial charge in [0.15, 0.2) is 0 Å². The van der Waals surface area contributed by atoms with Crippen LogP contribution in [-0.4, -0.2) is 21.8 Å². The number of hydrogen-bond donors (Lipinski definition) is 2. The van der Waals surface area contributed by atoms with Crippen molar-refractivity contribution in [2.24, 2.45) is 0 Å². The van der Waals surface area contributed by atoms with Crippen molar-refractivity contribution in [1.82, 2.24) is 15.2 Å². The highest BCUT2D eigenvalue weighted by Crippen LogP contribution is 2.32. The number of aromatic amines is 1. The summed E-state index contributed by atoms with van der Waals surface area (Å²) in [5.74, 6) is 1.26. The number of nitrogens with zero attached hydrogens (tertiary/aromatic N) is 2. The van der Waals surface area contributed by atoms with Crippen molar-refractivity contribution < 1.29 is 4.74 Å². The van der Waals surface area contributed by atoms with E-state index in [1.54, 1.807) is 6.20 Å². The van der Waals surface area contributed by atoms with Crippen LogP contribution in [0.2, 0.25) is 0 Å². The first-order chi connectivity index (χ1) is 9.29. The van der Waals surface area contributed by atoms with Crippen molar-refractivity contribution in [2.75, 3.05) is 12.3 Å². The average molecular weight is 254 g/mol. The van der Waals surface area contributed by atoms with E-state index >= 15 is 0 Å². The van der Waals surface area contributed by atoms with Crippen LogP contribution in [-0.2, 0) is 0 Å². The molecule has 2 aromatic heterocycles. The number of anilines is 1. The Hall–Kier alpha value is -2.56. The molecule has 5 nitrogen and oxygen atoms in total. The van der Waals surface area contributed by atoms with Gasteiger partial charge in [0.25, 0.3) is 0 Å². The topological polar surface area (TPSA) is 76.8 Å². The largest absolute Gasteiger partial charge is 0.492 e. The third kappa shape index (κ3) is 1.99. The van der Waals surface area contributed by atoms with Crippen molar-refractivity contribution in [3.8, 4) is 17.0 Å². The minimum Gasteiger partial charge on any atom is -0.492 e. The maximum atomic E-state index is 5.65. The Morgan fingerprint density at radius 1 is 1.32 bits per heavy atom. The number of rotatable bonds is 3. The Kier molecular flexibility index (Phi) is 2.79. The minimum absolute atomic E-state index is 0.473. The first kappa shape index (κ1) is 11.5. The molecule has 0 aliphatic rings. The molecule has 0 atom stereocenters. The van der Waals surface area contributed by atoms with Crippen molar-refractivity contribution in [1.29, 1.82) is 0 Å². The molecule has 2 heterocycles. The van der Waals surface area contributed by atoms with Gasteiger partial charge in [-0.3, -0.25) is 10.1 Å². The van der Waals surface area contributed by atoms with Gasteiger partial charge in [0.2, 0.25) is 0 Å². The molecule has 0 amide bonds. The van der Waals surface area contributed by atoms with Gasteiger partial charge in [-0.25, -0.2) is 0 Å². The van der Waals surface area contributed by atoms with Gasteiger partial charge >= 0.3 is 0 Å². The molecule has 0 aliphatic carbocycles. The number of benzene rings is 1. The Bertz CT molecular complexity index is 720. The van der Waals surface area contributed by atoms with Crippen molar-refractivity contribution in [3.63, 3.8) is 0 Å². The highest BCUT2D eigenvalue weighted by Gasteiger charge is 2.10. The SMILES string of the molecule is CCOc1ccc(-c2cc(N)n[nH]2)c2cccnc12. The number of pyridine rings is 1. The molecule has 0 aliphatic heterocycles. The molecule has 0 fully saturated rings. The van der Waals surface area contributed by atoms with Crippen LogP contribution in [0, 0.1) is 0 Å². The number of aromatic nitrogens is 3. The lowest BCUT2D eigenvalue weighted by atomic mass is 10.0. The van der Waals surface area contributed by atoms with E-state index in [-0.39, 0.29) is 0 Å². The summed E-state index contributed by atoms with van der Waals surface area (Å²) < 4.78 is 5.60. The van der Waals surface area contributed by atoms with Gasteiger partial charge in [0, 0.05) is 23.2 Å². The van der Waals surface area contributed by atoms with E-state index in [0.29, 0.717) is 12.4 Å². The molecule has 0 saturated heterocycles. The lowest BCUT2D eigenvalue weighted by Gasteiger charge is -2.09. The van der Waals surface area contributed by atoms with E-state index in [1.807, 2.05) is 37.3 Å². The van der Waals surface area contributed by atoms with Gasteiger partial charge in [-0.2, -0.15) is 5.10 Å². The number of nitrogens with one attached hydrogen (secondary N) is 1. The Balaban J connectivity index is 2.24. The van der Waals surface area contributed by atoms with Crippen LogP contribution in [0.25, 0.3) is 22.2 Å². The number of nitrogen functional groups attached to an aromatic ring is 1. The zero-order valence-corrected chi connectivity index (χ0v) is 10.6. The van der Waals surface area contributed by atoms with Gasteiger partial charge < -0.3 is 10.5 Å². The molecular formula is C14H14N4O. The van der Waals surface area contributed by atoms with Crippen LogP contribution in [0.15, 0.2) is 36.5 Å². The molecule has 3 rings (SSSR count). The molecule has 96 valence electrons. The third-order valence-corrected chi connectivity index (χ3v) is 2.92. The summed E-state index contributed by atoms with van der Waals surface area (Å²) in [6, 6.07) is 9.63. The predicted octanol–water partition coefficient (Wildman–Crippen LogP) is 2.61. The second-order valence-electron chi connectivity index (χ2n) is 4.15. The van der Waals surface area contributed by atoms with E-state index in [4.69, 9.17) is 10.5 Å². The van der Waals surface area contributed by atoms with Crippen LogP contribution in [0.3, 0.4) is 0 Å². The fourth-order valence-electron chi connectivity index (χ4n) is 2.13. The summed E-state index contributed by atoms with van der Waals surface area (Å²) in [4.78, 5) is 4.40. The standard InChI is InChI=1S/C14H14N4O/c1-2-19-12-6-5-9(11-8-13(15)18-17-11)10-4-3-7-16-14(10)12/h3-8H,2H2,1H3,(H3,15,17,18). The Morgan fingerprint density at radius 2 is 2.21 bits per heavy atom. The number of hydrogen-bond acceptors (Lipinski definition) is 4. The molecule has 0 saturated carbocycles. The van der Waals surface area contributed by atoms with Gasteiger partial charge in [-0.05, 0) is 25.1 Å². The number of ether oxygens (including phenoxy) is 1. The highest BCUT2D eigenvalue weighted by molar-refractivity contribution is 5.97. The Morgan fingerprint density at radius 3 is 2.95 bits per heavy atom. The zero-order valence-electron chi connectivity index (χ0n) is 10.6. The molecule has 3 aromatic rings. The maximum absolute atomic E-state index is 5.65. The van der Waals surface area contributed by atoms with E-state index in [1.165, 1.54) is 0 Å². The number of nitrogens with two attached hydrogens (primary N) is 1. The fraction of sp³-hybridized carbons (Fsp3) is 0.143. The number of fused-ring (bicyclic) bond motifs is 1. The minimum atomic E-state index is 0.473. The van der Waals surface area contributed by atoms with Crippen LogP contribution in [0.5, 0.6) is 5.75 Å². The summed E-state index contributed by atoms with van der Waals surface area (Å²) in [5.41, 5.74) is 8.38. The molecule has 0 spiro atoms. The second-order valence-corrected chi connectivity index (χ2v) is 4.15. The molecule has 0 bridgehead atoms. The quantitative estimate of drug-likeness (QED) is 0.753. The average Bonchev–Trinajstić information content (AvgIpc) is 2.86. The summed E-state index contributed by atoms with van der Waals surface area (Å²) in [5, 5.41) is 7.89. The van der Waals surface area contributed by atoms with Gasteiger partial charge in [-0.1, -0.05) is 6.07 Å². The molecule has 5 heteroatoms. The van der Waals surface area contributed by atoms with E-state index in [0.717, 1.165) is 27.9 Å². The highest BCUT2D eigenvalue weighted by atomic mass is 16.5. The lowest BCUT2D eigenvalue weighted by molar-refractivity contribution is 0.343. The lowest BCUT2D eigenvalue weighted by Crippen LogP contribution is -1.94. The van der Waals surface area contributed by atoms with Crippen LogP contribution in [0.1, 0.15) is 6.92 Å².